The lowest BCUT2D eigenvalue weighted by Gasteiger charge is -2.18. The monoisotopic (exact) mass is 440 g/mol. The molecule has 2 amide bonds. The van der Waals surface area contributed by atoms with Crippen LogP contribution in [0.5, 0.6) is 0 Å². The number of rotatable bonds is 4. The standard InChI is InChI=1S/C19H18Cl2N2O4S/c1-19(2)11-28(26,27)23(18(19)25)13-7-8-16(21)14(9-13)17(24)22-10-12-5-3-4-6-15(12)20/h3-9H,10-11H2,1-2H3,(H,22,24). The molecule has 0 spiro atoms. The Kier molecular flexibility index (Phi) is 5.44. The first kappa shape index (κ1) is 20.6. The van der Waals surface area contributed by atoms with Crippen LogP contribution in [0.25, 0.3) is 0 Å². The van der Waals surface area contributed by atoms with E-state index >= 15 is 0 Å². The highest BCUT2D eigenvalue weighted by atomic mass is 35.5. The highest BCUT2D eigenvalue weighted by molar-refractivity contribution is 7.94. The predicted molar refractivity (Wildman–Crippen MR) is 109 cm³/mol. The smallest absolute Gasteiger partial charge is 0.253 e. The van der Waals surface area contributed by atoms with Gasteiger partial charge in [-0.25, -0.2) is 12.7 Å². The van der Waals surface area contributed by atoms with Crippen molar-refractivity contribution in [3.05, 3.63) is 63.6 Å². The van der Waals surface area contributed by atoms with Crippen molar-refractivity contribution in [2.45, 2.75) is 20.4 Å². The van der Waals surface area contributed by atoms with Crippen molar-refractivity contribution in [3.63, 3.8) is 0 Å². The van der Waals surface area contributed by atoms with E-state index in [1.807, 2.05) is 0 Å². The van der Waals surface area contributed by atoms with Crippen LogP contribution in [-0.2, 0) is 21.4 Å². The van der Waals surface area contributed by atoms with Gasteiger partial charge in [-0.3, -0.25) is 9.59 Å². The van der Waals surface area contributed by atoms with Crippen molar-refractivity contribution in [2.75, 3.05) is 10.1 Å². The third-order valence-corrected chi connectivity index (χ3v) is 7.13. The van der Waals surface area contributed by atoms with E-state index in [-0.39, 0.29) is 28.6 Å². The largest absolute Gasteiger partial charge is 0.348 e. The van der Waals surface area contributed by atoms with Gasteiger partial charge in [-0.15, -0.1) is 0 Å². The molecule has 6 nitrogen and oxygen atoms in total. The van der Waals surface area contributed by atoms with E-state index in [4.69, 9.17) is 23.2 Å². The van der Waals surface area contributed by atoms with Crippen LogP contribution < -0.4 is 9.62 Å². The Morgan fingerprint density at radius 3 is 2.43 bits per heavy atom. The molecule has 0 radical (unpaired) electrons. The second-order valence-corrected chi connectivity index (χ2v) is 9.78. The number of nitrogens with zero attached hydrogens (tertiary/aromatic N) is 1. The van der Waals surface area contributed by atoms with Crippen molar-refractivity contribution in [2.24, 2.45) is 5.41 Å². The van der Waals surface area contributed by atoms with E-state index in [0.717, 1.165) is 9.87 Å². The molecule has 0 atom stereocenters. The zero-order chi connectivity index (χ0) is 20.7. The Morgan fingerprint density at radius 2 is 1.82 bits per heavy atom. The first-order valence-corrected chi connectivity index (χ1v) is 10.8. The number of amides is 2. The van der Waals surface area contributed by atoms with Gasteiger partial charge in [0.2, 0.25) is 15.9 Å². The molecule has 0 bridgehead atoms. The molecule has 28 heavy (non-hydrogen) atoms. The summed E-state index contributed by atoms with van der Waals surface area (Å²) >= 11 is 12.2. The molecule has 1 aliphatic rings. The number of sulfonamides is 1. The van der Waals surface area contributed by atoms with Gasteiger partial charge in [-0.1, -0.05) is 41.4 Å². The van der Waals surface area contributed by atoms with Crippen LogP contribution in [0.15, 0.2) is 42.5 Å². The maximum absolute atomic E-state index is 12.6. The van der Waals surface area contributed by atoms with E-state index in [1.54, 1.807) is 38.1 Å². The quantitative estimate of drug-likeness (QED) is 0.786. The summed E-state index contributed by atoms with van der Waals surface area (Å²) in [5.41, 5.74) is -0.157. The Bertz CT molecular complexity index is 1070. The zero-order valence-corrected chi connectivity index (χ0v) is 17.5. The van der Waals surface area contributed by atoms with Crippen LogP contribution in [-0.4, -0.2) is 26.0 Å². The average molecular weight is 441 g/mol. The normalized spacial score (nSPS) is 17.6. The molecule has 0 aromatic heterocycles. The van der Waals surface area contributed by atoms with Gasteiger partial charge in [-0.05, 0) is 43.7 Å². The fourth-order valence-electron chi connectivity index (χ4n) is 2.99. The first-order valence-electron chi connectivity index (χ1n) is 8.41. The van der Waals surface area contributed by atoms with Gasteiger partial charge >= 0.3 is 0 Å². The minimum atomic E-state index is -3.82. The fraction of sp³-hybridized carbons (Fsp3) is 0.263. The number of nitrogens with one attached hydrogen (secondary N) is 1. The maximum atomic E-state index is 12.6. The summed E-state index contributed by atoms with van der Waals surface area (Å²) in [6, 6.07) is 11.2. The number of carbonyl (C=O) groups excluding carboxylic acids is 2. The van der Waals surface area contributed by atoms with Gasteiger partial charge in [0.15, 0.2) is 0 Å². The van der Waals surface area contributed by atoms with Crippen molar-refractivity contribution in [3.8, 4) is 0 Å². The summed E-state index contributed by atoms with van der Waals surface area (Å²) in [7, 11) is -3.82. The molecule has 3 rings (SSSR count). The number of hydrogen-bond acceptors (Lipinski definition) is 4. The number of halogens is 2. The average Bonchev–Trinajstić information content (AvgIpc) is 2.77. The zero-order valence-electron chi connectivity index (χ0n) is 15.2. The van der Waals surface area contributed by atoms with Crippen molar-refractivity contribution in [1.29, 1.82) is 0 Å². The van der Waals surface area contributed by atoms with Gasteiger partial charge in [0.25, 0.3) is 5.91 Å². The molecule has 1 N–H and O–H groups in total. The third-order valence-electron chi connectivity index (χ3n) is 4.41. The fourth-order valence-corrected chi connectivity index (χ4v) is 5.49. The van der Waals surface area contributed by atoms with Crippen LogP contribution in [0.2, 0.25) is 10.0 Å². The number of carbonyl (C=O) groups is 2. The van der Waals surface area contributed by atoms with Gasteiger partial charge in [-0.2, -0.15) is 0 Å². The van der Waals surface area contributed by atoms with E-state index < -0.39 is 27.3 Å². The van der Waals surface area contributed by atoms with E-state index in [2.05, 4.69) is 5.32 Å². The molecular formula is C19H18Cl2N2O4S. The van der Waals surface area contributed by atoms with Crippen molar-refractivity contribution >= 4 is 50.7 Å². The lowest BCUT2D eigenvalue weighted by atomic mass is 9.95. The molecule has 1 aliphatic heterocycles. The third kappa shape index (κ3) is 3.87. The summed E-state index contributed by atoms with van der Waals surface area (Å²) in [4.78, 5) is 25.2. The second-order valence-electron chi connectivity index (χ2n) is 7.15. The summed E-state index contributed by atoms with van der Waals surface area (Å²) in [5, 5.41) is 3.36. The molecular weight excluding hydrogens is 423 g/mol. The molecule has 2 aromatic rings. The molecule has 2 aromatic carbocycles. The minimum Gasteiger partial charge on any atom is -0.348 e. The summed E-state index contributed by atoms with van der Waals surface area (Å²) in [6.07, 6.45) is 0. The highest BCUT2D eigenvalue weighted by Gasteiger charge is 2.50. The molecule has 0 aliphatic carbocycles. The summed E-state index contributed by atoms with van der Waals surface area (Å²) < 4.78 is 25.7. The summed E-state index contributed by atoms with van der Waals surface area (Å²) in [6.45, 7) is 3.31. The SMILES string of the molecule is CC1(C)CS(=O)(=O)N(c2ccc(Cl)c(C(=O)NCc3ccccc3Cl)c2)C1=O. The molecule has 1 heterocycles. The maximum Gasteiger partial charge on any atom is 0.253 e. The predicted octanol–water partition coefficient (Wildman–Crippen LogP) is 3.63. The lowest BCUT2D eigenvalue weighted by Crippen LogP contribution is -2.33. The highest BCUT2D eigenvalue weighted by Crippen LogP contribution is 2.36. The Labute approximate surface area is 173 Å². The van der Waals surface area contributed by atoms with Gasteiger partial charge < -0.3 is 5.32 Å². The molecule has 1 saturated heterocycles. The van der Waals surface area contributed by atoms with Gasteiger partial charge in [0, 0.05) is 11.6 Å². The number of anilines is 1. The topological polar surface area (TPSA) is 83.6 Å². The first-order chi connectivity index (χ1) is 13.0. The molecule has 148 valence electrons. The molecule has 9 heteroatoms. The second kappa shape index (κ2) is 7.39. The number of hydrogen-bond donors (Lipinski definition) is 1. The Hall–Kier alpha value is -2.09. The van der Waals surface area contributed by atoms with Crippen LogP contribution in [0.3, 0.4) is 0 Å². The van der Waals surface area contributed by atoms with Crippen LogP contribution in [0, 0.1) is 5.41 Å². The van der Waals surface area contributed by atoms with Crippen molar-refractivity contribution in [1.82, 2.24) is 5.32 Å². The van der Waals surface area contributed by atoms with Crippen molar-refractivity contribution < 1.29 is 18.0 Å². The van der Waals surface area contributed by atoms with Crippen LogP contribution >= 0.6 is 23.2 Å². The Morgan fingerprint density at radius 1 is 1.14 bits per heavy atom. The number of benzene rings is 2. The van der Waals surface area contributed by atoms with Crippen LogP contribution in [0.1, 0.15) is 29.8 Å². The minimum absolute atomic E-state index is 0.0685. The van der Waals surface area contributed by atoms with E-state index in [1.165, 1.54) is 18.2 Å². The van der Waals surface area contributed by atoms with Crippen LogP contribution in [0.4, 0.5) is 5.69 Å². The van der Waals surface area contributed by atoms with Gasteiger partial charge in [0.1, 0.15) is 0 Å². The molecule has 0 saturated carbocycles. The molecule has 1 fully saturated rings. The Balaban J connectivity index is 1.89. The summed E-state index contributed by atoms with van der Waals surface area (Å²) in [5.74, 6) is -1.34. The van der Waals surface area contributed by atoms with E-state index in [9.17, 15) is 18.0 Å². The van der Waals surface area contributed by atoms with E-state index in [0.29, 0.717) is 5.02 Å². The lowest BCUT2D eigenvalue weighted by molar-refractivity contribution is -0.123. The molecule has 0 unspecified atom stereocenters. The van der Waals surface area contributed by atoms with Gasteiger partial charge in [0.05, 0.1) is 27.4 Å².